The largest absolute Gasteiger partial charge is 0.478 e. The number of rotatable bonds is 6. The molecule has 0 aliphatic rings. The maximum Gasteiger partial charge on any atom is 0.337 e. The van der Waals surface area contributed by atoms with E-state index in [-0.39, 0.29) is 27.6 Å². The molecule has 0 atom stereocenters. The van der Waals surface area contributed by atoms with Gasteiger partial charge in [-0.1, -0.05) is 11.6 Å². The summed E-state index contributed by atoms with van der Waals surface area (Å²) < 4.78 is 24.8. The van der Waals surface area contributed by atoms with Gasteiger partial charge >= 0.3 is 5.97 Å². The van der Waals surface area contributed by atoms with Crippen LogP contribution in [0.2, 0.25) is 5.02 Å². The summed E-state index contributed by atoms with van der Waals surface area (Å²) in [6.45, 7) is -0.0398. The number of benzene rings is 1. The van der Waals surface area contributed by atoms with Crippen LogP contribution in [0.5, 0.6) is 0 Å². The fourth-order valence-corrected chi connectivity index (χ4v) is 3.37. The molecule has 3 rings (SSSR count). The number of carboxylic acid groups (broad SMARTS) is 1. The van der Waals surface area contributed by atoms with Gasteiger partial charge in [-0.3, -0.25) is 4.79 Å². The molecule has 0 spiro atoms. The SMILES string of the molecule is CS(=O)(=O)c1cc(Cl)cc(C(=O)NCc2ncnn2-c2ccc(C(=O)O)cn2)c1. The minimum atomic E-state index is -3.53. The van der Waals surface area contributed by atoms with Crippen LogP contribution in [0.3, 0.4) is 0 Å². The second-order valence-corrected chi connectivity index (χ2v) is 8.38. The topological polar surface area (TPSA) is 144 Å². The lowest BCUT2D eigenvalue weighted by Gasteiger charge is -2.08. The molecule has 0 fully saturated rings. The molecule has 150 valence electrons. The molecule has 0 saturated carbocycles. The summed E-state index contributed by atoms with van der Waals surface area (Å²) in [5.74, 6) is -1.01. The fourth-order valence-electron chi connectivity index (χ4n) is 2.38. The van der Waals surface area contributed by atoms with Gasteiger partial charge in [0.2, 0.25) is 0 Å². The highest BCUT2D eigenvalue weighted by atomic mass is 35.5. The molecule has 0 aliphatic carbocycles. The van der Waals surface area contributed by atoms with Crippen molar-refractivity contribution in [1.82, 2.24) is 25.1 Å². The Morgan fingerprint density at radius 2 is 1.93 bits per heavy atom. The first kappa shape index (κ1) is 20.4. The zero-order valence-corrected chi connectivity index (χ0v) is 16.5. The van der Waals surface area contributed by atoms with E-state index >= 15 is 0 Å². The van der Waals surface area contributed by atoms with Crippen molar-refractivity contribution < 1.29 is 23.1 Å². The molecule has 1 aromatic carbocycles. The Balaban J connectivity index is 1.78. The Hall–Kier alpha value is -3.31. The number of sulfone groups is 1. The summed E-state index contributed by atoms with van der Waals surface area (Å²) >= 11 is 5.92. The van der Waals surface area contributed by atoms with Gasteiger partial charge in [-0.05, 0) is 30.3 Å². The van der Waals surface area contributed by atoms with E-state index in [1.807, 2.05) is 0 Å². The monoisotopic (exact) mass is 435 g/mol. The molecule has 0 aliphatic heterocycles. The van der Waals surface area contributed by atoms with Gasteiger partial charge in [-0.15, -0.1) is 0 Å². The van der Waals surface area contributed by atoms with Gasteiger partial charge in [-0.2, -0.15) is 9.78 Å². The van der Waals surface area contributed by atoms with Crippen molar-refractivity contribution in [2.24, 2.45) is 0 Å². The average Bonchev–Trinajstić information content (AvgIpc) is 3.13. The Bertz CT molecular complexity index is 1190. The van der Waals surface area contributed by atoms with E-state index < -0.39 is 21.7 Å². The van der Waals surface area contributed by atoms with Crippen LogP contribution in [0.25, 0.3) is 5.82 Å². The summed E-state index contributed by atoms with van der Waals surface area (Å²) in [6, 6.07) is 6.67. The number of amides is 1. The number of carbonyl (C=O) groups excluding carboxylic acids is 1. The molecular weight excluding hydrogens is 422 g/mol. The number of carbonyl (C=O) groups is 2. The second-order valence-electron chi connectivity index (χ2n) is 5.93. The number of aromatic carboxylic acids is 1. The third-order valence-electron chi connectivity index (χ3n) is 3.80. The Morgan fingerprint density at radius 1 is 1.17 bits per heavy atom. The molecule has 0 unspecified atom stereocenters. The van der Waals surface area contributed by atoms with Gasteiger partial charge in [-0.25, -0.2) is 23.2 Å². The van der Waals surface area contributed by atoms with Crippen LogP contribution in [0.4, 0.5) is 0 Å². The fraction of sp³-hybridized carbons (Fsp3) is 0.118. The first-order valence-corrected chi connectivity index (χ1v) is 10.3. The third kappa shape index (κ3) is 4.76. The van der Waals surface area contributed by atoms with E-state index in [0.717, 1.165) is 6.26 Å². The van der Waals surface area contributed by atoms with Crippen molar-refractivity contribution in [3.8, 4) is 5.82 Å². The molecule has 1 amide bonds. The summed E-state index contributed by atoms with van der Waals surface area (Å²) in [4.78, 5) is 31.4. The van der Waals surface area contributed by atoms with Gasteiger partial charge in [0.05, 0.1) is 17.0 Å². The smallest absolute Gasteiger partial charge is 0.337 e. The van der Waals surface area contributed by atoms with Gasteiger partial charge in [0.25, 0.3) is 5.91 Å². The molecule has 12 heteroatoms. The molecule has 0 bridgehead atoms. The number of hydrogen-bond donors (Lipinski definition) is 2. The minimum absolute atomic E-state index is 0.0198. The normalized spacial score (nSPS) is 11.2. The standard InChI is InChI=1S/C17H14ClN5O5S/c1-29(27,28)13-5-11(4-12(18)6-13)16(24)20-8-15-21-9-22-23(15)14-3-2-10(7-19-14)17(25)26/h2-7,9H,8H2,1H3,(H,20,24)(H,25,26). The van der Waals surface area contributed by atoms with E-state index in [2.05, 4.69) is 20.4 Å². The van der Waals surface area contributed by atoms with Gasteiger partial charge in [0.15, 0.2) is 21.5 Å². The average molecular weight is 436 g/mol. The minimum Gasteiger partial charge on any atom is -0.478 e. The molecule has 2 aromatic heterocycles. The Labute approximate surface area is 170 Å². The maximum absolute atomic E-state index is 12.4. The Kier molecular flexibility index (Phi) is 5.62. The highest BCUT2D eigenvalue weighted by Crippen LogP contribution is 2.19. The van der Waals surface area contributed by atoms with Crippen LogP contribution >= 0.6 is 11.6 Å². The quantitative estimate of drug-likeness (QED) is 0.590. The van der Waals surface area contributed by atoms with Gasteiger partial charge < -0.3 is 10.4 Å². The summed E-state index contributed by atoms with van der Waals surface area (Å²) in [7, 11) is -3.53. The lowest BCUT2D eigenvalue weighted by molar-refractivity contribution is 0.0696. The van der Waals surface area contributed by atoms with Crippen LogP contribution in [0, 0.1) is 0 Å². The van der Waals surface area contributed by atoms with Crippen LogP contribution in [0.1, 0.15) is 26.5 Å². The highest BCUT2D eigenvalue weighted by molar-refractivity contribution is 7.90. The lowest BCUT2D eigenvalue weighted by atomic mass is 10.2. The van der Waals surface area contributed by atoms with Crippen molar-refractivity contribution in [3.05, 3.63) is 64.8 Å². The van der Waals surface area contributed by atoms with Crippen LogP contribution in [0.15, 0.2) is 47.8 Å². The maximum atomic E-state index is 12.4. The van der Waals surface area contributed by atoms with E-state index in [0.29, 0.717) is 11.6 Å². The van der Waals surface area contributed by atoms with Crippen molar-refractivity contribution in [1.29, 1.82) is 0 Å². The van der Waals surface area contributed by atoms with E-state index in [1.54, 1.807) is 0 Å². The molecule has 0 saturated heterocycles. The molecule has 10 nitrogen and oxygen atoms in total. The summed E-state index contributed by atoms with van der Waals surface area (Å²) in [5, 5.41) is 15.7. The van der Waals surface area contributed by atoms with Crippen molar-refractivity contribution >= 4 is 33.3 Å². The van der Waals surface area contributed by atoms with E-state index in [1.165, 1.54) is 47.5 Å². The predicted octanol–water partition coefficient (Wildman–Crippen LogP) is 1.35. The summed E-state index contributed by atoms with van der Waals surface area (Å²) in [5.41, 5.74) is 0.0966. The number of nitrogens with zero attached hydrogens (tertiary/aromatic N) is 4. The molecule has 29 heavy (non-hydrogen) atoms. The summed E-state index contributed by atoms with van der Waals surface area (Å²) in [6.07, 6.45) is 3.46. The zero-order chi connectivity index (χ0) is 21.2. The number of pyridine rings is 1. The van der Waals surface area contributed by atoms with Crippen LogP contribution < -0.4 is 5.32 Å². The second kappa shape index (κ2) is 7.97. The Morgan fingerprint density at radius 3 is 2.55 bits per heavy atom. The first-order valence-electron chi connectivity index (χ1n) is 8.02. The molecule has 2 N–H and O–H groups in total. The predicted molar refractivity (Wildman–Crippen MR) is 102 cm³/mol. The van der Waals surface area contributed by atoms with E-state index in [4.69, 9.17) is 16.7 Å². The number of nitrogens with one attached hydrogen (secondary N) is 1. The highest BCUT2D eigenvalue weighted by Gasteiger charge is 2.15. The molecular formula is C17H14ClN5O5S. The third-order valence-corrected chi connectivity index (χ3v) is 5.11. The van der Waals surface area contributed by atoms with Crippen molar-refractivity contribution in [2.45, 2.75) is 11.4 Å². The van der Waals surface area contributed by atoms with Gasteiger partial charge in [0.1, 0.15) is 6.33 Å². The van der Waals surface area contributed by atoms with Crippen molar-refractivity contribution in [3.63, 3.8) is 0 Å². The zero-order valence-electron chi connectivity index (χ0n) is 14.9. The number of hydrogen-bond acceptors (Lipinski definition) is 7. The lowest BCUT2D eigenvalue weighted by Crippen LogP contribution is -2.25. The number of carboxylic acids is 1. The van der Waals surface area contributed by atoms with Crippen molar-refractivity contribution in [2.75, 3.05) is 6.26 Å². The molecule has 0 radical (unpaired) electrons. The number of aromatic nitrogens is 4. The van der Waals surface area contributed by atoms with Gasteiger partial charge in [0, 0.05) is 23.0 Å². The molecule has 3 aromatic rings. The first-order chi connectivity index (χ1) is 13.6. The number of halogens is 1. The van der Waals surface area contributed by atoms with Crippen LogP contribution in [-0.4, -0.2) is 51.4 Å². The van der Waals surface area contributed by atoms with E-state index in [9.17, 15) is 18.0 Å². The van der Waals surface area contributed by atoms with Crippen LogP contribution in [-0.2, 0) is 16.4 Å². The molecule has 2 heterocycles.